The average molecular weight is 803 g/mol. The molecule has 0 atom stereocenters. The summed E-state index contributed by atoms with van der Waals surface area (Å²) in [7, 11) is 0. The maximum Gasteiger partial charge on any atom is 0.185 e. The molecule has 0 saturated heterocycles. The number of unbranched alkanes of at least 4 members (excludes halogenated alkanes) is 10. The smallest absolute Gasteiger partial charge is 0.185 e. The van der Waals surface area contributed by atoms with Crippen molar-refractivity contribution in [3.63, 3.8) is 0 Å². The first-order valence-electron chi connectivity index (χ1n) is 14.7. The van der Waals surface area contributed by atoms with Crippen LogP contribution in [0.2, 0.25) is 0 Å². The Hall–Kier alpha value is -0.290. The third-order valence-corrected chi connectivity index (χ3v) is 12.8. The molecule has 4 rings (SSSR count). The molecular formula is C33H40I2OS3. The Morgan fingerprint density at radius 2 is 0.974 bits per heavy atom. The van der Waals surface area contributed by atoms with E-state index in [9.17, 15) is 4.79 Å². The fourth-order valence-corrected chi connectivity index (χ4v) is 9.98. The van der Waals surface area contributed by atoms with Crippen molar-refractivity contribution in [2.24, 2.45) is 0 Å². The van der Waals surface area contributed by atoms with Crippen molar-refractivity contribution in [3.05, 3.63) is 63.5 Å². The Balaban J connectivity index is 1.76. The van der Waals surface area contributed by atoms with E-state index in [2.05, 4.69) is 95.4 Å². The van der Waals surface area contributed by atoms with Gasteiger partial charge >= 0.3 is 0 Å². The first kappa shape index (κ1) is 31.6. The molecule has 210 valence electrons. The fourth-order valence-electron chi connectivity index (χ4n) is 5.23. The van der Waals surface area contributed by atoms with Gasteiger partial charge in [-0.1, -0.05) is 78.1 Å². The van der Waals surface area contributed by atoms with E-state index in [0.29, 0.717) is 5.43 Å². The van der Waals surface area contributed by atoms with E-state index in [-0.39, 0.29) is 0 Å². The monoisotopic (exact) mass is 802 g/mol. The van der Waals surface area contributed by atoms with Gasteiger partial charge in [0.15, 0.2) is 5.43 Å². The SMILES string of the molecule is CCCCCCCCc1cc2c(-c3ccc(I)s3)sc(-c3ccc(I)s3)c2cc(CCCCCCCC)c1=O. The zero-order valence-corrected chi connectivity index (χ0v) is 30.0. The molecular weight excluding hydrogens is 762 g/mol. The molecule has 0 aliphatic rings. The van der Waals surface area contributed by atoms with Gasteiger partial charge in [0, 0.05) is 31.7 Å². The lowest BCUT2D eigenvalue weighted by molar-refractivity contribution is 0.604. The lowest BCUT2D eigenvalue weighted by atomic mass is 10.0. The number of rotatable bonds is 16. The van der Waals surface area contributed by atoms with Crippen LogP contribution in [-0.4, -0.2) is 0 Å². The molecule has 39 heavy (non-hydrogen) atoms. The summed E-state index contributed by atoms with van der Waals surface area (Å²) in [5, 5.41) is 2.54. The van der Waals surface area contributed by atoms with Crippen LogP contribution in [0.4, 0.5) is 0 Å². The summed E-state index contributed by atoms with van der Waals surface area (Å²) < 4.78 is 2.61. The van der Waals surface area contributed by atoms with E-state index in [1.165, 1.54) is 100 Å². The maximum absolute atomic E-state index is 14.0. The van der Waals surface area contributed by atoms with Crippen LogP contribution in [0.5, 0.6) is 0 Å². The number of hydrogen-bond donors (Lipinski definition) is 0. The molecule has 3 heterocycles. The highest BCUT2D eigenvalue weighted by molar-refractivity contribution is 14.1. The first-order chi connectivity index (χ1) is 19.0. The highest BCUT2D eigenvalue weighted by Crippen LogP contribution is 2.47. The predicted octanol–water partition coefficient (Wildman–Crippen LogP) is 12.7. The van der Waals surface area contributed by atoms with Crippen molar-refractivity contribution in [2.75, 3.05) is 0 Å². The average Bonchev–Trinajstić information content (AvgIpc) is 3.62. The van der Waals surface area contributed by atoms with Gasteiger partial charge in [-0.2, -0.15) is 0 Å². The second-order valence-corrected chi connectivity index (χ2v) is 17.5. The summed E-state index contributed by atoms with van der Waals surface area (Å²) in [6.07, 6.45) is 16.8. The number of aryl methyl sites for hydroxylation is 2. The van der Waals surface area contributed by atoms with Gasteiger partial charge in [-0.05, 0) is 107 Å². The molecule has 1 aromatic carbocycles. The van der Waals surface area contributed by atoms with E-state index >= 15 is 0 Å². The van der Waals surface area contributed by atoms with E-state index in [1.54, 1.807) is 0 Å². The van der Waals surface area contributed by atoms with Crippen LogP contribution in [0.25, 0.3) is 30.3 Å². The van der Waals surface area contributed by atoms with Gasteiger partial charge in [-0.25, -0.2) is 0 Å². The van der Waals surface area contributed by atoms with Crippen LogP contribution >= 0.6 is 79.2 Å². The van der Waals surface area contributed by atoms with E-state index < -0.39 is 0 Å². The van der Waals surface area contributed by atoms with Crippen molar-refractivity contribution >= 4 is 90.0 Å². The molecule has 0 bridgehead atoms. The van der Waals surface area contributed by atoms with Gasteiger partial charge in [0.05, 0.1) is 15.5 Å². The summed E-state index contributed by atoms with van der Waals surface area (Å²) in [5.41, 5.74) is 2.36. The minimum atomic E-state index is 0.303. The Labute approximate surface area is 274 Å². The lowest BCUT2D eigenvalue weighted by Gasteiger charge is -2.03. The Morgan fingerprint density at radius 3 is 1.36 bits per heavy atom. The molecule has 0 N–H and O–H groups in total. The Bertz CT molecular complexity index is 1300. The second-order valence-electron chi connectivity index (χ2n) is 10.5. The van der Waals surface area contributed by atoms with Crippen LogP contribution in [0.3, 0.4) is 0 Å². The van der Waals surface area contributed by atoms with Gasteiger partial charge in [0.25, 0.3) is 0 Å². The summed E-state index contributed by atoms with van der Waals surface area (Å²) >= 11 is 10.5. The fraction of sp³-hybridized carbons (Fsp3) is 0.485. The van der Waals surface area contributed by atoms with E-state index in [1.807, 2.05) is 34.0 Å². The highest BCUT2D eigenvalue weighted by Gasteiger charge is 2.19. The molecule has 4 aromatic rings. The molecule has 1 nitrogen and oxygen atoms in total. The normalized spacial score (nSPS) is 11.6. The summed E-state index contributed by atoms with van der Waals surface area (Å²) in [5.74, 6) is 0. The molecule has 0 aliphatic carbocycles. The molecule has 3 aromatic heterocycles. The van der Waals surface area contributed by atoms with Gasteiger partial charge < -0.3 is 0 Å². The van der Waals surface area contributed by atoms with Crippen molar-refractivity contribution in [1.82, 2.24) is 0 Å². The van der Waals surface area contributed by atoms with Gasteiger partial charge in [0.1, 0.15) is 0 Å². The number of halogens is 2. The Morgan fingerprint density at radius 1 is 0.564 bits per heavy atom. The van der Waals surface area contributed by atoms with Crippen LogP contribution in [0.1, 0.15) is 102 Å². The molecule has 0 fully saturated rings. The Kier molecular flexibility index (Phi) is 13.3. The number of fused-ring (bicyclic) bond motifs is 1. The zero-order valence-electron chi connectivity index (χ0n) is 23.3. The van der Waals surface area contributed by atoms with Crippen LogP contribution < -0.4 is 5.43 Å². The van der Waals surface area contributed by atoms with Crippen molar-refractivity contribution < 1.29 is 0 Å². The van der Waals surface area contributed by atoms with Gasteiger partial charge in [-0.3, -0.25) is 4.79 Å². The van der Waals surface area contributed by atoms with Gasteiger partial charge in [-0.15, -0.1) is 34.0 Å². The minimum Gasteiger partial charge on any atom is -0.289 e. The van der Waals surface area contributed by atoms with Crippen molar-refractivity contribution in [3.8, 4) is 19.5 Å². The summed E-state index contributed by atoms with van der Waals surface area (Å²) in [4.78, 5) is 19.3. The summed E-state index contributed by atoms with van der Waals surface area (Å²) in [6, 6.07) is 13.5. The molecule has 0 aliphatic heterocycles. The van der Waals surface area contributed by atoms with Crippen LogP contribution in [-0.2, 0) is 12.8 Å². The second kappa shape index (κ2) is 16.4. The third-order valence-electron chi connectivity index (χ3n) is 7.40. The summed E-state index contributed by atoms with van der Waals surface area (Å²) in [6.45, 7) is 4.53. The van der Waals surface area contributed by atoms with Crippen LogP contribution in [0, 0.1) is 5.77 Å². The van der Waals surface area contributed by atoms with Crippen molar-refractivity contribution in [2.45, 2.75) is 104 Å². The molecule has 0 amide bonds. The van der Waals surface area contributed by atoms with Crippen molar-refractivity contribution in [1.29, 1.82) is 0 Å². The molecule has 0 radical (unpaired) electrons. The number of thiophene rings is 3. The lowest BCUT2D eigenvalue weighted by Crippen LogP contribution is -2.11. The minimum absolute atomic E-state index is 0.303. The quantitative estimate of drug-likeness (QED) is 0.0815. The molecule has 0 spiro atoms. The number of hydrogen-bond acceptors (Lipinski definition) is 4. The third kappa shape index (κ3) is 8.85. The zero-order chi connectivity index (χ0) is 27.6. The van der Waals surface area contributed by atoms with Crippen LogP contribution in [0.15, 0.2) is 41.2 Å². The maximum atomic E-state index is 14.0. The van der Waals surface area contributed by atoms with E-state index in [0.717, 1.165) is 36.8 Å². The largest absolute Gasteiger partial charge is 0.289 e. The van der Waals surface area contributed by atoms with Gasteiger partial charge in [0.2, 0.25) is 0 Å². The predicted molar refractivity (Wildman–Crippen MR) is 194 cm³/mol. The molecule has 0 unspecified atom stereocenters. The first-order valence-corrected chi connectivity index (χ1v) is 19.3. The highest BCUT2D eigenvalue weighted by atomic mass is 127. The molecule has 0 saturated carbocycles. The van der Waals surface area contributed by atoms with E-state index in [4.69, 9.17) is 0 Å². The standard InChI is InChI=1S/C33H40I2OS3/c1-3-5-7-9-11-13-15-23-21-25-26(22-24(31(23)36)16-14-12-10-8-6-4-2)33(28-18-20-30(35)38-28)39-32(25)27-17-19-29(34)37-27/h17-22H,3-16H2,1-2H3. The molecule has 6 heteroatoms. The topological polar surface area (TPSA) is 17.1 Å².